The van der Waals surface area contributed by atoms with Gasteiger partial charge in [-0.1, -0.05) is 18.2 Å². The van der Waals surface area contributed by atoms with Crippen molar-refractivity contribution in [3.05, 3.63) is 36.8 Å². The summed E-state index contributed by atoms with van der Waals surface area (Å²) in [4.78, 5) is 4.21. The van der Waals surface area contributed by atoms with E-state index in [1.54, 1.807) is 30.7 Å². The Bertz CT molecular complexity index is 699. The van der Waals surface area contributed by atoms with E-state index in [1.165, 1.54) is 6.07 Å². The number of benzene rings is 1. The number of nitrogens with zero attached hydrogens (tertiary/aromatic N) is 2. The molecule has 1 heterocycles. The molecular weight excluding hydrogens is 284 g/mol. The third kappa shape index (κ3) is 2.82. The Kier molecular flexibility index (Phi) is 3.45. The van der Waals surface area contributed by atoms with E-state index in [1.807, 2.05) is 25.3 Å². The molecule has 0 N–H and O–H groups in total. The summed E-state index contributed by atoms with van der Waals surface area (Å²) in [6.07, 6.45) is 3.33. The summed E-state index contributed by atoms with van der Waals surface area (Å²) in [6, 6.07) is 6.66. The van der Waals surface area contributed by atoms with Gasteiger partial charge in [-0.05, 0) is 26.8 Å². The zero-order valence-electron chi connectivity index (χ0n) is 11.0. The summed E-state index contributed by atoms with van der Waals surface area (Å²) in [5.41, 5.74) is 1.09. The first-order valence-electron chi connectivity index (χ1n) is 5.78. The fraction of sp³-hybridized carbons (Fsp3) is 0.308. The second-order valence-electron chi connectivity index (χ2n) is 5.25. The lowest BCUT2D eigenvalue weighted by molar-refractivity contribution is 0.400. The lowest BCUT2D eigenvalue weighted by Crippen LogP contribution is -2.21. The van der Waals surface area contributed by atoms with Gasteiger partial charge in [0.25, 0.3) is 9.05 Å². The van der Waals surface area contributed by atoms with E-state index in [0.29, 0.717) is 5.56 Å². The van der Waals surface area contributed by atoms with Crippen molar-refractivity contribution in [1.29, 1.82) is 0 Å². The molecule has 0 spiro atoms. The smallest absolute Gasteiger partial charge is 0.261 e. The van der Waals surface area contributed by atoms with E-state index in [0.717, 1.165) is 5.69 Å². The fourth-order valence-electron chi connectivity index (χ4n) is 1.92. The molecule has 0 aliphatic heterocycles. The van der Waals surface area contributed by atoms with Crippen molar-refractivity contribution in [2.45, 2.75) is 31.2 Å². The second kappa shape index (κ2) is 4.65. The van der Waals surface area contributed by atoms with Crippen LogP contribution in [0.2, 0.25) is 0 Å². The Labute approximate surface area is 117 Å². The molecule has 2 aromatic rings. The molecule has 0 bridgehead atoms. The van der Waals surface area contributed by atoms with Crippen molar-refractivity contribution in [2.75, 3.05) is 0 Å². The van der Waals surface area contributed by atoms with Crippen LogP contribution in [-0.2, 0) is 14.6 Å². The quantitative estimate of drug-likeness (QED) is 0.800. The van der Waals surface area contributed by atoms with Crippen LogP contribution in [0.15, 0.2) is 41.7 Å². The summed E-state index contributed by atoms with van der Waals surface area (Å²) in [7, 11) is 1.70. The molecule has 1 aromatic heterocycles. The summed E-state index contributed by atoms with van der Waals surface area (Å²) in [5.74, 6) is 0. The maximum Gasteiger partial charge on any atom is 0.261 e. The van der Waals surface area contributed by atoms with E-state index >= 15 is 0 Å². The fourth-order valence-corrected chi connectivity index (χ4v) is 3.00. The number of imidazole rings is 1. The van der Waals surface area contributed by atoms with Crippen LogP contribution in [0.25, 0.3) is 11.3 Å². The first-order chi connectivity index (χ1) is 8.71. The van der Waals surface area contributed by atoms with Gasteiger partial charge in [0.1, 0.15) is 0 Å². The van der Waals surface area contributed by atoms with Gasteiger partial charge in [-0.25, -0.2) is 13.4 Å². The van der Waals surface area contributed by atoms with Crippen LogP contribution >= 0.6 is 10.7 Å². The molecule has 19 heavy (non-hydrogen) atoms. The normalized spacial score (nSPS) is 12.6. The lowest BCUT2D eigenvalue weighted by atomic mass is 10.1. The highest BCUT2D eigenvalue weighted by Gasteiger charge is 2.22. The van der Waals surface area contributed by atoms with E-state index in [-0.39, 0.29) is 10.4 Å². The van der Waals surface area contributed by atoms with Gasteiger partial charge >= 0.3 is 0 Å². The zero-order valence-corrected chi connectivity index (χ0v) is 12.5. The Morgan fingerprint density at radius 1 is 1.21 bits per heavy atom. The number of halogens is 1. The molecule has 0 fully saturated rings. The largest absolute Gasteiger partial charge is 0.325 e. The van der Waals surface area contributed by atoms with Crippen molar-refractivity contribution in [3.63, 3.8) is 0 Å². The molecule has 0 aliphatic carbocycles. The Hall–Kier alpha value is -1.33. The highest BCUT2D eigenvalue weighted by Crippen LogP contribution is 2.31. The maximum absolute atomic E-state index is 11.6. The third-order valence-electron chi connectivity index (χ3n) is 2.79. The Morgan fingerprint density at radius 2 is 1.84 bits per heavy atom. The Balaban J connectivity index is 2.72. The van der Waals surface area contributed by atoms with Gasteiger partial charge in [0, 0.05) is 21.8 Å². The number of rotatable bonds is 2. The molecule has 102 valence electrons. The van der Waals surface area contributed by atoms with Gasteiger partial charge in [-0.15, -0.1) is 0 Å². The van der Waals surface area contributed by atoms with E-state index in [4.69, 9.17) is 10.7 Å². The van der Waals surface area contributed by atoms with Crippen LogP contribution in [-0.4, -0.2) is 18.0 Å². The standard InChI is InChI=1S/C13H15ClN2O2S/c1-13(2,3)16-9-15-8-11(16)10-6-4-5-7-12(10)19(14,17)18/h4-9H,1-3H3. The lowest BCUT2D eigenvalue weighted by Gasteiger charge is -2.24. The number of hydrogen-bond acceptors (Lipinski definition) is 3. The first kappa shape index (κ1) is 14.1. The van der Waals surface area contributed by atoms with Crippen LogP contribution < -0.4 is 0 Å². The highest BCUT2D eigenvalue weighted by molar-refractivity contribution is 8.13. The van der Waals surface area contributed by atoms with Gasteiger partial charge in [-0.2, -0.15) is 0 Å². The van der Waals surface area contributed by atoms with Crippen LogP contribution in [0, 0.1) is 0 Å². The van der Waals surface area contributed by atoms with Crippen molar-refractivity contribution in [3.8, 4) is 11.3 Å². The van der Waals surface area contributed by atoms with Crippen molar-refractivity contribution in [1.82, 2.24) is 9.55 Å². The van der Waals surface area contributed by atoms with E-state index in [2.05, 4.69) is 4.98 Å². The molecule has 0 aliphatic rings. The molecule has 0 radical (unpaired) electrons. The molecule has 0 unspecified atom stereocenters. The molecule has 2 rings (SSSR count). The SMILES string of the molecule is CC(C)(C)n1cncc1-c1ccccc1S(=O)(=O)Cl. The minimum Gasteiger partial charge on any atom is -0.325 e. The average molecular weight is 299 g/mol. The zero-order chi connectivity index (χ0) is 14.3. The van der Waals surface area contributed by atoms with Crippen molar-refractivity contribution < 1.29 is 8.42 Å². The summed E-state index contributed by atoms with van der Waals surface area (Å²) in [6.45, 7) is 6.07. The van der Waals surface area contributed by atoms with Crippen LogP contribution in [0.3, 0.4) is 0 Å². The predicted octanol–water partition coefficient (Wildman–Crippen LogP) is 3.23. The number of aromatic nitrogens is 2. The summed E-state index contributed by atoms with van der Waals surface area (Å²) >= 11 is 0. The van der Waals surface area contributed by atoms with Crippen LogP contribution in [0.1, 0.15) is 20.8 Å². The van der Waals surface area contributed by atoms with Gasteiger partial charge in [0.05, 0.1) is 23.1 Å². The van der Waals surface area contributed by atoms with Gasteiger partial charge in [0.2, 0.25) is 0 Å². The first-order valence-corrected chi connectivity index (χ1v) is 8.09. The topological polar surface area (TPSA) is 52.0 Å². The highest BCUT2D eigenvalue weighted by atomic mass is 35.7. The monoisotopic (exact) mass is 298 g/mol. The summed E-state index contributed by atoms with van der Waals surface area (Å²) in [5, 5.41) is 0. The van der Waals surface area contributed by atoms with Crippen molar-refractivity contribution >= 4 is 19.7 Å². The Morgan fingerprint density at radius 3 is 2.42 bits per heavy atom. The molecule has 0 amide bonds. The summed E-state index contributed by atoms with van der Waals surface area (Å²) < 4.78 is 25.2. The van der Waals surface area contributed by atoms with Gasteiger partial charge in [-0.3, -0.25) is 0 Å². The average Bonchev–Trinajstić information content (AvgIpc) is 2.76. The minimum atomic E-state index is -3.79. The molecule has 6 heteroatoms. The third-order valence-corrected chi connectivity index (χ3v) is 4.17. The van der Waals surface area contributed by atoms with Crippen LogP contribution in [0.5, 0.6) is 0 Å². The molecule has 0 saturated heterocycles. The number of hydrogen-bond donors (Lipinski definition) is 0. The maximum atomic E-state index is 11.6. The van der Waals surface area contributed by atoms with Crippen LogP contribution in [0.4, 0.5) is 0 Å². The van der Waals surface area contributed by atoms with E-state index in [9.17, 15) is 8.42 Å². The predicted molar refractivity (Wildman–Crippen MR) is 75.7 cm³/mol. The molecule has 4 nitrogen and oxygen atoms in total. The molecular formula is C13H15ClN2O2S. The molecule has 0 saturated carbocycles. The van der Waals surface area contributed by atoms with Crippen molar-refractivity contribution in [2.24, 2.45) is 0 Å². The van der Waals surface area contributed by atoms with Gasteiger partial charge in [0.15, 0.2) is 0 Å². The van der Waals surface area contributed by atoms with E-state index < -0.39 is 9.05 Å². The molecule has 0 atom stereocenters. The molecule has 1 aromatic carbocycles. The van der Waals surface area contributed by atoms with Gasteiger partial charge < -0.3 is 4.57 Å². The second-order valence-corrected chi connectivity index (χ2v) is 7.79. The minimum absolute atomic E-state index is 0.0997.